The molecular weight excluding hydrogens is 312 g/mol. The maximum Gasteiger partial charge on any atom is 0.387 e. The van der Waals surface area contributed by atoms with E-state index in [-0.39, 0.29) is 0 Å². The van der Waals surface area contributed by atoms with Crippen LogP contribution in [0.2, 0.25) is 0 Å². The van der Waals surface area contributed by atoms with Crippen molar-refractivity contribution >= 4 is 25.4 Å². The van der Waals surface area contributed by atoms with Crippen molar-refractivity contribution in [2.24, 2.45) is 0 Å². The average Bonchev–Trinajstić information content (AvgIpc) is 2.25. The maximum atomic E-state index is 12.1. The van der Waals surface area contributed by atoms with Gasteiger partial charge in [-0.2, -0.15) is 8.78 Å². The van der Waals surface area contributed by atoms with Gasteiger partial charge in [-0.1, -0.05) is 0 Å². The number of benzene rings is 1. The molecule has 0 fully saturated rings. The molecule has 0 atom stereocenters. The first-order valence-corrected chi connectivity index (χ1v) is 6.73. The molecule has 1 rings (SSSR count). The van der Waals surface area contributed by atoms with Crippen LogP contribution in [0.5, 0.6) is 11.5 Å². The van der Waals surface area contributed by atoms with Gasteiger partial charge in [0.15, 0.2) is 0 Å². The highest BCUT2D eigenvalue weighted by molar-refractivity contribution is 8.13. The first kappa shape index (κ1) is 15.4. The molecule has 19 heavy (non-hydrogen) atoms. The third-order valence-corrected chi connectivity index (χ3v) is 3.22. The summed E-state index contributed by atoms with van der Waals surface area (Å²) in [5.74, 6) is -1.39. The molecule has 0 amide bonds. The summed E-state index contributed by atoms with van der Waals surface area (Å²) in [6, 6.07) is 1.22. The molecule has 0 heterocycles. The van der Waals surface area contributed by atoms with Crippen molar-refractivity contribution in [2.75, 3.05) is 7.11 Å². The molecule has 0 unspecified atom stereocenters. The van der Waals surface area contributed by atoms with Gasteiger partial charge in [-0.3, -0.25) is 10.1 Å². The fraction of sp³-hybridized carbons (Fsp3) is 0.250. The van der Waals surface area contributed by atoms with Crippen LogP contribution in [0, 0.1) is 10.1 Å². The predicted octanol–water partition coefficient (Wildman–Crippen LogP) is 2.13. The van der Waals surface area contributed by atoms with Gasteiger partial charge in [0.25, 0.3) is 9.05 Å². The van der Waals surface area contributed by atoms with E-state index in [0.29, 0.717) is 12.1 Å². The Hall–Kier alpha value is -1.68. The van der Waals surface area contributed by atoms with E-state index < -0.39 is 42.7 Å². The molecule has 0 radical (unpaired) electrons. The second-order valence-electron chi connectivity index (χ2n) is 3.05. The summed E-state index contributed by atoms with van der Waals surface area (Å²) in [6.07, 6.45) is 0. The minimum Gasteiger partial charge on any atom is -0.489 e. The third-order valence-electron chi connectivity index (χ3n) is 1.90. The topological polar surface area (TPSA) is 95.7 Å². The second-order valence-corrected chi connectivity index (χ2v) is 5.58. The lowest BCUT2D eigenvalue weighted by molar-refractivity contribution is -0.386. The Morgan fingerprint density at radius 2 is 2.00 bits per heavy atom. The SMILES string of the molecule is COc1c([N+](=O)[O-])cc(OC(F)F)cc1S(=O)(=O)Cl. The number of methoxy groups -OCH3 is 1. The van der Waals surface area contributed by atoms with E-state index in [0.717, 1.165) is 7.11 Å². The van der Waals surface area contributed by atoms with Crippen molar-refractivity contribution in [1.82, 2.24) is 0 Å². The Morgan fingerprint density at radius 3 is 2.37 bits per heavy atom. The van der Waals surface area contributed by atoms with Gasteiger partial charge in [-0.25, -0.2) is 8.42 Å². The van der Waals surface area contributed by atoms with Crippen LogP contribution in [-0.2, 0) is 9.05 Å². The molecule has 0 N–H and O–H groups in total. The maximum absolute atomic E-state index is 12.1. The van der Waals surface area contributed by atoms with Gasteiger partial charge in [0.05, 0.1) is 18.1 Å². The highest BCUT2D eigenvalue weighted by atomic mass is 35.7. The van der Waals surface area contributed by atoms with Crippen molar-refractivity contribution in [3.8, 4) is 11.5 Å². The Balaban J connectivity index is 3.59. The van der Waals surface area contributed by atoms with Crippen LogP contribution in [0.25, 0.3) is 0 Å². The lowest BCUT2D eigenvalue weighted by Crippen LogP contribution is -2.06. The van der Waals surface area contributed by atoms with Crippen molar-refractivity contribution in [3.05, 3.63) is 22.2 Å². The van der Waals surface area contributed by atoms with Crippen molar-refractivity contribution in [2.45, 2.75) is 11.5 Å². The standard InChI is InChI=1S/C8H6ClF2NO6S/c1-17-7-5(12(13)14)2-4(18-8(10)11)3-6(7)19(9,15)16/h2-3,8H,1H3. The molecule has 0 saturated heterocycles. The summed E-state index contributed by atoms with van der Waals surface area (Å²) >= 11 is 0. The number of rotatable bonds is 5. The van der Waals surface area contributed by atoms with Gasteiger partial charge in [-0.05, 0) is 0 Å². The minimum atomic E-state index is -4.44. The van der Waals surface area contributed by atoms with Crippen LogP contribution in [0.3, 0.4) is 0 Å². The quantitative estimate of drug-likeness (QED) is 0.469. The summed E-state index contributed by atoms with van der Waals surface area (Å²) in [6.45, 7) is -3.28. The average molecular weight is 318 g/mol. The number of nitro benzene ring substituents is 1. The fourth-order valence-electron chi connectivity index (χ4n) is 1.26. The molecule has 1 aromatic rings. The lowest BCUT2D eigenvalue weighted by atomic mass is 10.3. The molecule has 11 heteroatoms. The van der Waals surface area contributed by atoms with Crippen LogP contribution in [0.1, 0.15) is 0 Å². The number of halogens is 3. The van der Waals surface area contributed by atoms with E-state index in [1.54, 1.807) is 0 Å². The number of nitrogens with zero attached hydrogens (tertiary/aromatic N) is 1. The number of hydrogen-bond acceptors (Lipinski definition) is 6. The molecule has 1 aromatic carbocycles. The fourth-order valence-corrected chi connectivity index (χ4v) is 2.27. The number of hydrogen-bond donors (Lipinski definition) is 0. The van der Waals surface area contributed by atoms with E-state index in [4.69, 9.17) is 10.7 Å². The molecular formula is C8H6ClF2NO6S. The first-order valence-electron chi connectivity index (χ1n) is 4.42. The third kappa shape index (κ3) is 3.64. The monoisotopic (exact) mass is 317 g/mol. The van der Waals surface area contributed by atoms with Gasteiger partial charge in [-0.15, -0.1) is 0 Å². The largest absolute Gasteiger partial charge is 0.489 e. The molecule has 0 aromatic heterocycles. The van der Waals surface area contributed by atoms with E-state index in [2.05, 4.69) is 9.47 Å². The number of nitro groups is 1. The van der Waals surface area contributed by atoms with Gasteiger partial charge < -0.3 is 9.47 Å². The van der Waals surface area contributed by atoms with E-state index in [9.17, 15) is 27.3 Å². The summed E-state index contributed by atoms with van der Waals surface area (Å²) in [4.78, 5) is 8.90. The molecule has 0 bridgehead atoms. The van der Waals surface area contributed by atoms with Crippen LogP contribution in [0.15, 0.2) is 17.0 Å². The van der Waals surface area contributed by atoms with Crippen molar-refractivity contribution in [1.29, 1.82) is 0 Å². The molecule has 0 aliphatic rings. The van der Waals surface area contributed by atoms with Crippen LogP contribution in [-0.4, -0.2) is 27.1 Å². The zero-order valence-corrected chi connectivity index (χ0v) is 10.7. The normalized spacial score (nSPS) is 11.4. The van der Waals surface area contributed by atoms with E-state index in [1.807, 2.05) is 0 Å². The zero-order valence-electron chi connectivity index (χ0n) is 9.17. The lowest BCUT2D eigenvalue weighted by Gasteiger charge is -2.10. The van der Waals surface area contributed by atoms with Gasteiger partial charge in [0.2, 0.25) is 5.75 Å². The van der Waals surface area contributed by atoms with Crippen LogP contribution in [0.4, 0.5) is 14.5 Å². The second kappa shape index (κ2) is 5.53. The number of alkyl halides is 2. The number of ether oxygens (including phenoxy) is 2. The highest BCUT2D eigenvalue weighted by Crippen LogP contribution is 2.39. The summed E-state index contributed by atoms with van der Waals surface area (Å²) in [7, 11) is 1.59. The molecule has 0 aliphatic heterocycles. The Labute approximate surface area is 110 Å². The van der Waals surface area contributed by atoms with Gasteiger partial charge >= 0.3 is 12.3 Å². The van der Waals surface area contributed by atoms with Crippen LogP contribution >= 0.6 is 10.7 Å². The molecule has 0 spiro atoms. The minimum absolute atomic E-state index is 0.608. The molecule has 0 aliphatic carbocycles. The Morgan fingerprint density at radius 1 is 1.42 bits per heavy atom. The molecule has 7 nitrogen and oxygen atoms in total. The van der Waals surface area contributed by atoms with Gasteiger partial charge in [0, 0.05) is 16.7 Å². The van der Waals surface area contributed by atoms with Crippen molar-refractivity contribution < 1.29 is 31.6 Å². The summed E-state index contributed by atoms with van der Waals surface area (Å²) in [5.41, 5.74) is -0.861. The molecule has 106 valence electrons. The smallest absolute Gasteiger partial charge is 0.387 e. The predicted molar refractivity (Wildman–Crippen MR) is 59.3 cm³/mol. The summed E-state index contributed by atoms with van der Waals surface area (Å²) < 4.78 is 55.1. The Bertz CT molecular complexity index is 606. The first-order chi connectivity index (χ1) is 8.66. The van der Waals surface area contributed by atoms with E-state index in [1.165, 1.54) is 0 Å². The summed E-state index contributed by atoms with van der Waals surface area (Å²) in [5, 5.41) is 10.7. The van der Waals surface area contributed by atoms with Gasteiger partial charge in [0.1, 0.15) is 10.6 Å². The Kier molecular flexibility index (Phi) is 4.48. The van der Waals surface area contributed by atoms with Crippen LogP contribution < -0.4 is 9.47 Å². The van der Waals surface area contributed by atoms with Crippen molar-refractivity contribution in [3.63, 3.8) is 0 Å². The highest BCUT2D eigenvalue weighted by Gasteiger charge is 2.28. The molecule has 0 saturated carbocycles. The van der Waals surface area contributed by atoms with E-state index >= 15 is 0 Å². The zero-order chi connectivity index (χ0) is 14.8.